The average molecular weight is 513 g/mol. The molecule has 1 amide bonds. The minimum atomic E-state index is -0.567. The first-order valence-corrected chi connectivity index (χ1v) is 12.7. The van der Waals surface area contributed by atoms with Crippen LogP contribution < -0.4 is 15.0 Å². The molecule has 1 saturated heterocycles. The smallest absolute Gasteiger partial charge is 0.315 e. The van der Waals surface area contributed by atoms with Gasteiger partial charge in [-0.2, -0.15) is 0 Å². The molecule has 0 spiro atoms. The van der Waals surface area contributed by atoms with Crippen LogP contribution in [0.4, 0.5) is 15.8 Å². The van der Waals surface area contributed by atoms with E-state index in [-0.39, 0.29) is 18.1 Å². The molecule has 10 heteroatoms. The van der Waals surface area contributed by atoms with Crippen molar-refractivity contribution in [2.45, 2.75) is 19.4 Å². The predicted octanol–water partition coefficient (Wildman–Crippen LogP) is 3.49. The van der Waals surface area contributed by atoms with Gasteiger partial charge in [-0.3, -0.25) is 9.59 Å². The first-order valence-electron chi connectivity index (χ1n) is 11.8. The number of benzene rings is 2. The molecule has 1 aliphatic rings. The van der Waals surface area contributed by atoms with Crippen LogP contribution in [0.25, 0.3) is 11.3 Å². The molecule has 3 aromatic rings. The number of rotatable bonds is 9. The lowest BCUT2D eigenvalue weighted by atomic mass is 10.1. The summed E-state index contributed by atoms with van der Waals surface area (Å²) >= 11 is 1.51. The van der Waals surface area contributed by atoms with E-state index in [4.69, 9.17) is 9.73 Å². The minimum absolute atomic E-state index is 0.298. The third kappa shape index (κ3) is 6.79. The number of carbonyl (C=O) groups excluding carboxylic acids is 2. The van der Waals surface area contributed by atoms with Crippen molar-refractivity contribution in [2.24, 2.45) is 4.99 Å². The van der Waals surface area contributed by atoms with E-state index in [2.05, 4.69) is 49.2 Å². The monoisotopic (exact) mass is 512 g/mol. The molecule has 0 aliphatic carbocycles. The van der Waals surface area contributed by atoms with E-state index in [0.717, 1.165) is 48.0 Å². The number of amides is 1. The van der Waals surface area contributed by atoms with Crippen LogP contribution in [-0.4, -0.2) is 56.4 Å². The van der Waals surface area contributed by atoms with Gasteiger partial charge in [-0.1, -0.05) is 12.1 Å². The molecule has 36 heavy (non-hydrogen) atoms. The van der Waals surface area contributed by atoms with Gasteiger partial charge in [-0.05, 0) is 48.4 Å². The third-order valence-corrected chi connectivity index (χ3v) is 6.67. The number of halogens is 1. The fourth-order valence-electron chi connectivity index (χ4n) is 3.89. The van der Waals surface area contributed by atoms with Crippen molar-refractivity contribution in [1.29, 1.82) is 0 Å². The molecule has 0 unspecified atom stereocenters. The first kappa shape index (κ1) is 25.6. The Morgan fingerprint density at radius 1 is 1.11 bits per heavy atom. The molecule has 0 saturated carbocycles. The molecule has 4 rings (SSSR count). The summed E-state index contributed by atoms with van der Waals surface area (Å²) in [6.45, 7) is 4.22. The van der Waals surface area contributed by atoms with Gasteiger partial charge in [0, 0.05) is 37.2 Å². The number of aromatic nitrogens is 1. The lowest BCUT2D eigenvalue weighted by Gasteiger charge is -2.28. The Morgan fingerprint density at radius 2 is 1.83 bits per heavy atom. The van der Waals surface area contributed by atoms with Gasteiger partial charge in [0.15, 0.2) is 4.80 Å². The second-order valence-electron chi connectivity index (χ2n) is 8.25. The zero-order valence-electron chi connectivity index (χ0n) is 20.1. The van der Waals surface area contributed by atoms with Crippen LogP contribution in [-0.2, 0) is 25.6 Å². The molecular weight excluding hydrogens is 483 g/mol. The summed E-state index contributed by atoms with van der Waals surface area (Å²) < 4.78 is 25.4. The van der Waals surface area contributed by atoms with Crippen molar-refractivity contribution in [3.05, 3.63) is 64.5 Å². The fraction of sp³-hybridized carbons (Fsp3) is 0.346. The Bertz CT molecular complexity index is 1230. The Kier molecular flexibility index (Phi) is 8.85. The molecule has 2 heterocycles. The summed E-state index contributed by atoms with van der Waals surface area (Å²) in [7, 11) is 1.25. The highest BCUT2D eigenvalue weighted by Gasteiger charge is 2.13. The summed E-state index contributed by atoms with van der Waals surface area (Å²) in [5.74, 6) is -1.24. The van der Waals surface area contributed by atoms with Crippen LogP contribution in [0.15, 0.2) is 58.9 Å². The molecule has 0 bridgehead atoms. The van der Waals surface area contributed by atoms with E-state index in [1.54, 1.807) is 12.1 Å². The Hall–Kier alpha value is -3.50. The molecule has 190 valence electrons. The second-order valence-corrected chi connectivity index (χ2v) is 9.08. The van der Waals surface area contributed by atoms with Crippen molar-refractivity contribution < 1.29 is 23.5 Å². The number of morpholine rings is 1. The highest BCUT2D eigenvalue weighted by molar-refractivity contribution is 7.07. The van der Waals surface area contributed by atoms with Crippen molar-refractivity contribution in [3.8, 4) is 11.3 Å². The number of hydrogen-bond acceptors (Lipinski definition) is 7. The molecule has 1 N–H and O–H groups in total. The van der Waals surface area contributed by atoms with Crippen LogP contribution in [0, 0.1) is 5.82 Å². The highest BCUT2D eigenvalue weighted by Crippen LogP contribution is 2.25. The third-order valence-electron chi connectivity index (χ3n) is 5.80. The van der Waals surface area contributed by atoms with Gasteiger partial charge < -0.3 is 24.3 Å². The number of carbonyl (C=O) groups is 2. The predicted molar refractivity (Wildman–Crippen MR) is 137 cm³/mol. The van der Waals surface area contributed by atoms with Crippen LogP contribution in [0.3, 0.4) is 0 Å². The van der Waals surface area contributed by atoms with Crippen molar-refractivity contribution in [1.82, 2.24) is 9.88 Å². The molecule has 1 aromatic heterocycles. The van der Waals surface area contributed by atoms with Crippen LogP contribution in [0.2, 0.25) is 0 Å². The second kappa shape index (κ2) is 12.5. The number of nitrogens with one attached hydrogen (secondary N) is 1. The summed E-state index contributed by atoms with van der Waals surface area (Å²) in [6.07, 6.45) is 0.340. The standard InChI is InChI=1S/C26H29FN4O4S/c1-34-25(33)17-24(32)28-11-2-12-31-23(18-36-26(31)29-21-7-5-20(27)6-8-21)19-3-9-22(10-4-19)30-13-15-35-16-14-30/h3-10,18H,2,11-17H2,1H3,(H,28,32)/b29-26-. The zero-order chi connectivity index (χ0) is 25.3. The van der Waals surface area contributed by atoms with Gasteiger partial charge in [-0.25, -0.2) is 9.38 Å². The van der Waals surface area contributed by atoms with Crippen LogP contribution in [0.5, 0.6) is 0 Å². The van der Waals surface area contributed by atoms with Gasteiger partial charge in [0.2, 0.25) is 5.91 Å². The summed E-state index contributed by atoms with van der Waals surface area (Å²) in [4.78, 5) is 31.0. The van der Waals surface area contributed by atoms with Gasteiger partial charge >= 0.3 is 5.97 Å². The van der Waals surface area contributed by atoms with E-state index in [1.807, 2.05) is 0 Å². The van der Waals surface area contributed by atoms with E-state index in [0.29, 0.717) is 25.2 Å². The lowest BCUT2D eigenvalue weighted by Crippen LogP contribution is -2.36. The maximum Gasteiger partial charge on any atom is 0.315 e. The zero-order valence-corrected chi connectivity index (χ0v) is 20.9. The molecule has 8 nitrogen and oxygen atoms in total. The number of esters is 1. The largest absolute Gasteiger partial charge is 0.469 e. The first-order chi connectivity index (χ1) is 17.5. The number of hydrogen-bond donors (Lipinski definition) is 1. The number of anilines is 1. The van der Waals surface area contributed by atoms with Crippen molar-refractivity contribution in [2.75, 3.05) is 44.9 Å². The number of methoxy groups -OCH3 is 1. The maximum atomic E-state index is 13.4. The van der Waals surface area contributed by atoms with Crippen LogP contribution in [0.1, 0.15) is 12.8 Å². The van der Waals surface area contributed by atoms with E-state index >= 15 is 0 Å². The average Bonchev–Trinajstić information content (AvgIpc) is 3.30. The molecular formula is C26H29FN4O4S. The molecule has 0 atom stereocenters. The Balaban J connectivity index is 1.54. The molecule has 0 radical (unpaired) electrons. The van der Waals surface area contributed by atoms with Crippen molar-refractivity contribution >= 4 is 34.6 Å². The number of ether oxygens (including phenoxy) is 2. The Morgan fingerprint density at radius 3 is 2.53 bits per heavy atom. The molecule has 1 fully saturated rings. The van der Waals surface area contributed by atoms with Gasteiger partial charge in [0.25, 0.3) is 0 Å². The lowest BCUT2D eigenvalue weighted by molar-refractivity contribution is -0.143. The van der Waals surface area contributed by atoms with Gasteiger partial charge in [0.1, 0.15) is 12.2 Å². The normalized spacial score (nSPS) is 14.1. The summed E-state index contributed by atoms with van der Waals surface area (Å²) in [5, 5.41) is 4.81. The number of thiazole rings is 1. The van der Waals surface area contributed by atoms with E-state index < -0.39 is 5.97 Å². The topological polar surface area (TPSA) is 85.2 Å². The molecule has 1 aliphatic heterocycles. The highest BCUT2D eigenvalue weighted by atomic mass is 32.1. The van der Waals surface area contributed by atoms with E-state index in [9.17, 15) is 14.0 Å². The quantitative estimate of drug-likeness (QED) is 0.270. The van der Waals surface area contributed by atoms with Crippen molar-refractivity contribution in [3.63, 3.8) is 0 Å². The summed E-state index contributed by atoms with van der Waals surface area (Å²) in [6, 6.07) is 14.5. The van der Waals surface area contributed by atoms with Gasteiger partial charge in [0.05, 0.1) is 31.7 Å². The summed E-state index contributed by atoms with van der Waals surface area (Å²) in [5.41, 5.74) is 3.88. The molecule has 2 aromatic carbocycles. The van der Waals surface area contributed by atoms with Gasteiger partial charge in [-0.15, -0.1) is 11.3 Å². The fourth-order valence-corrected chi connectivity index (χ4v) is 4.84. The Labute approximate surface area is 213 Å². The number of nitrogens with zero attached hydrogens (tertiary/aromatic N) is 3. The van der Waals surface area contributed by atoms with E-state index in [1.165, 1.54) is 30.6 Å². The van der Waals surface area contributed by atoms with Crippen LogP contribution >= 0.6 is 11.3 Å². The SMILES string of the molecule is COC(=O)CC(=O)NCCCn1c(-c2ccc(N3CCOCC3)cc2)cs/c1=N\c1ccc(F)cc1. The minimum Gasteiger partial charge on any atom is -0.469 e. The maximum absolute atomic E-state index is 13.4.